The smallest absolute Gasteiger partial charge is 0.247 e. The van der Waals surface area contributed by atoms with Crippen LogP contribution in [0.2, 0.25) is 0 Å². The van der Waals surface area contributed by atoms with Crippen molar-refractivity contribution in [1.82, 2.24) is 9.80 Å². The Kier molecular flexibility index (Phi) is 10.5. The number of benzene rings is 4. The average molecular weight is 657 g/mol. The Bertz CT molecular complexity index is 1920. The lowest BCUT2D eigenvalue weighted by Gasteiger charge is -2.24. The quantitative estimate of drug-likeness (QED) is 0.155. The van der Waals surface area contributed by atoms with Crippen LogP contribution >= 0.6 is 0 Å². The predicted octanol–water partition coefficient (Wildman–Crippen LogP) is 6.69. The van der Waals surface area contributed by atoms with E-state index in [9.17, 15) is 19.2 Å². The Labute approximate surface area is 285 Å². The molecule has 250 valence electrons. The van der Waals surface area contributed by atoms with Crippen LogP contribution in [0.25, 0.3) is 22.3 Å². The van der Waals surface area contributed by atoms with E-state index in [2.05, 4.69) is 10.6 Å². The Morgan fingerprint density at radius 1 is 0.796 bits per heavy atom. The van der Waals surface area contributed by atoms with E-state index >= 15 is 0 Å². The van der Waals surface area contributed by atoms with Crippen molar-refractivity contribution in [2.45, 2.75) is 45.1 Å². The minimum Gasteiger partial charge on any atom is -0.456 e. The molecule has 1 aliphatic rings. The molecule has 9 heteroatoms. The zero-order valence-corrected chi connectivity index (χ0v) is 27.6. The van der Waals surface area contributed by atoms with E-state index in [1.165, 1.54) is 0 Å². The number of carbonyl (C=O) groups excluding carboxylic acids is 4. The molecule has 0 radical (unpaired) electrons. The van der Waals surface area contributed by atoms with Crippen LogP contribution in [0.4, 0.5) is 11.4 Å². The highest BCUT2D eigenvalue weighted by molar-refractivity contribution is 5.99. The second-order valence-electron chi connectivity index (χ2n) is 12.4. The molecule has 0 saturated carbocycles. The minimum atomic E-state index is -0.504. The number of hydrogen-bond acceptors (Lipinski definition) is 5. The number of rotatable bonds is 12. The summed E-state index contributed by atoms with van der Waals surface area (Å²) in [5.41, 5.74) is 4.58. The maximum absolute atomic E-state index is 13.3. The van der Waals surface area contributed by atoms with Crippen molar-refractivity contribution in [2.75, 3.05) is 30.3 Å². The minimum absolute atomic E-state index is 0.0214. The normalized spacial score (nSPS) is 14.1. The van der Waals surface area contributed by atoms with Crippen LogP contribution in [-0.4, -0.2) is 59.1 Å². The van der Waals surface area contributed by atoms with Crippen LogP contribution in [-0.2, 0) is 32.0 Å². The Hall–Kier alpha value is -5.70. The molecule has 5 aromatic rings. The number of hydrogen-bond donors (Lipinski definition) is 2. The summed E-state index contributed by atoms with van der Waals surface area (Å²) in [6.07, 6.45) is 2.70. The van der Waals surface area contributed by atoms with Crippen molar-refractivity contribution in [3.05, 3.63) is 120 Å². The van der Waals surface area contributed by atoms with Gasteiger partial charge in [-0.2, -0.15) is 0 Å². The first-order valence-electron chi connectivity index (χ1n) is 16.8. The topological polar surface area (TPSA) is 112 Å². The van der Waals surface area contributed by atoms with Crippen molar-refractivity contribution in [3.8, 4) is 11.3 Å². The molecule has 0 unspecified atom stereocenters. The molecule has 0 bridgehead atoms. The standard InChI is InChI=1S/C40H40N4O5/c1-2-21-43(38(46)23-28-10-5-3-6-11-28)27-37(45)41-32-17-15-30(16-18-32)36-26-31-25-33(19-20-35(31)49-36)42-40(48)34-14-9-22-44(34)39(47)24-29-12-7-4-8-13-29/h3-8,10-13,15-20,25-26,34H,2,9,14,21-24,27H2,1H3,(H,41,45)(H,42,48)/t34-/m0/s1. The average Bonchev–Trinajstić information content (AvgIpc) is 3.77. The molecule has 4 aromatic carbocycles. The summed E-state index contributed by atoms with van der Waals surface area (Å²) in [5.74, 6) is 0.0584. The van der Waals surface area contributed by atoms with Crippen LogP contribution in [0.5, 0.6) is 0 Å². The van der Waals surface area contributed by atoms with Gasteiger partial charge in [-0.3, -0.25) is 19.2 Å². The van der Waals surface area contributed by atoms with Gasteiger partial charge in [-0.25, -0.2) is 0 Å². The third-order valence-electron chi connectivity index (χ3n) is 8.69. The predicted molar refractivity (Wildman–Crippen MR) is 191 cm³/mol. The van der Waals surface area contributed by atoms with Crippen LogP contribution in [0.1, 0.15) is 37.3 Å². The van der Waals surface area contributed by atoms with Crippen molar-refractivity contribution >= 4 is 46.0 Å². The van der Waals surface area contributed by atoms with E-state index in [0.717, 1.165) is 34.9 Å². The van der Waals surface area contributed by atoms with Gasteiger partial charge in [0.1, 0.15) is 17.4 Å². The molecular formula is C40H40N4O5. The molecule has 0 aliphatic carbocycles. The van der Waals surface area contributed by atoms with Crippen molar-refractivity contribution in [3.63, 3.8) is 0 Å². The third kappa shape index (κ3) is 8.43. The summed E-state index contributed by atoms with van der Waals surface area (Å²) < 4.78 is 6.10. The zero-order valence-electron chi connectivity index (χ0n) is 27.6. The first-order chi connectivity index (χ1) is 23.9. The Balaban J connectivity index is 1.05. The van der Waals surface area contributed by atoms with Gasteiger partial charge >= 0.3 is 0 Å². The van der Waals surface area contributed by atoms with Crippen LogP contribution in [0, 0.1) is 0 Å². The molecule has 1 atom stereocenters. The van der Waals surface area contributed by atoms with Crippen LogP contribution in [0.3, 0.4) is 0 Å². The third-order valence-corrected chi connectivity index (χ3v) is 8.69. The number of furan rings is 1. The SMILES string of the molecule is CCCN(CC(=O)Nc1ccc(-c2cc3cc(NC(=O)[C@@H]4CCCN4C(=O)Cc4ccccc4)ccc3o2)cc1)C(=O)Cc1ccccc1. The summed E-state index contributed by atoms with van der Waals surface area (Å²) in [6.45, 7) is 3.03. The van der Waals surface area contributed by atoms with Gasteiger partial charge in [0.25, 0.3) is 0 Å². The van der Waals surface area contributed by atoms with E-state index in [0.29, 0.717) is 42.2 Å². The van der Waals surface area contributed by atoms with Crippen molar-refractivity contribution < 1.29 is 23.6 Å². The maximum Gasteiger partial charge on any atom is 0.247 e. The van der Waals surface area contributed by atoms with Crippen LogP contribution in [0.15, 0.2) is 114 Å². The van der Waals surface area contributed by atoms with Crippen LogP contribution < -0.4 is 10.6 Å². The maximum atomic E-state index is 13.3. The Morgan fingerprint density at radius 3 is 2.16 bits per heavy atom. The number of carbonyl (C=O) groups is 4. The molecule has 2 heterocycles. The van der Waals surface area contributed by atoms with Gasteiger partial charge in [0, 0.05) is 35.4 Å². The number of nitrogens with zero attached hydrogens (tertiary/aromatic N) is 2. The molecule has 2 N–H and O–H groups in total. The van der Waals surface area contributed by atoms with E-state index in [4.69, 9.17) is 4.42 Å². The van der Waals surface area contributed by atoms with Gasteiger partial charge in [0.05, 0.1) is 19.4 Å². The van der Waals surface area contributed by atoms with Crippen molar-refractivity contribution in [1.29, 1.82) is 0 Å². The lowest BCUT2D eigenvalue weighted by Crippen LogP contribution is -2.43. The van der Waals surface area contributed by atoms with Crippen molar-refractivity contribution in [2.24, 2.45) is 0 Å². The summed E-state index contributed by atoms with van der Waals surface area (Å²) in [6, 6.07) is 33.3. The first-order valence-corrected chi connectivity index (χ1v) is 16.8. The van der Waals surface area contributed by atoms with Gasteiger partial charge < -0.3 is 24.9 Å². The van der Waals surface area contributed by atoms with Gasteiger partial charge in [-0.1, -0.05) is 67.6 Å². The molecule has 6 rings (SSSR count). The molecule has 4 amide bonds. The first kappa shape index (κ1) is 33.2. The largest absolute Gasteiger partial charge is 0.456 e. The lowest BCUT2D eigenvalue weighted by molar-refractivity contribution is -0.136. The molecule has 1 fully saturated rings. The molecule has 1 saturated heterocycles. The second-order valence-corrected chi connectivity index (χ2v) is 12.4. The summed E-state index contributed by atoms with van der Waals surface area (Å²) in [5, 5.41) is 6.72. The number of nitrogens with one attached hydrogen (secondary N) is 2. The highest BCUT2D eigenvalue weighted by Crippen LogP contribution is 2.31. The number of amides is 4. The van der Waals surface area contributed by atoms with Gasteiger partial charge in [0.2, 0.25) is 23.6 Å². The molecular weight excluding hydrogens is 616 g/mol. The monoisotopic (exact) mass is 656 g/mol. The van der Waals surface area contributed by atoms with Gasteiger partial charge in [-0.05, 0) is 78.9 Å². The van der Waals surface area contributed by atoms with E-state index in [-0.39, 0.29) is 43.0 Å². The highest BCUT2D eigenvalue weighted by atomic mass is 16.3. The highest BCUT2D eigenvalue weighted by Gasteiger charge is 2.34. The van der Waals surface area contributed by atoms with E-state index in [1.54, 1.807) is 28.0 Å². The number of likely N-dealkylation sites (tertiary alicyclic amines) is 1. The molecule has 49 heavy (non-hydrogen) atoms. The van der Waals surface area contributed by atoms with Gasteiger partial charge in [0.15, 0.2) is 0 Å². The van der Waals surface area contributed by atoms with Gasteiger partial charge in [-0.15, -0.1) is 0 Å². The second kappa shape index (κ2) is 15.5. The fraction of sp³-hybridized carbons (Fsp3) is 0.250. The molecule has 1 aliphatic heterocycles. The number of anilines is 2. The Morgan fingerprint density at radius 2 is 1.47 bits per heavy atom. The molecule has 9 nitrogen and oxygen atoms in total. The fourth-order valence-corrected chi connectivity index (χ4v) is 6.23. The van der Waals surface area contributed by atoms with E-state index < -0.39 is 6.04 Å². The number of fused-ring (bicyclic) bond motifs is 1. The lowest BCUT2D eigenvalue weighted by atomic mass is 10.1. The molecule has 1 aromatic heterocycles. The fourth-order valence-electron chi connectivity index (χ4n) is 6.23. The van der Waals surface area contributed by atoms with E-state index in [1.807, 2.05) is 97.9 Å². The molecule has 0 spiro atoms. The summed E-state index contributed by atoms with van der Waals surface area (Å²) in [7, 11) is 0. The summed E-state index contributed by atoms with van der Waals surface area (Å²) in [4.78, 5) is 55.3. The summed E-state index contributed by atoms with van der Waals surface area (Å²) >= 11 is 0. The zero-order chi connectivity index (χ0) is 34.2.